The quantitative estimate of drug-likeness (QED) is 0.883. The van der Waals surface area contributed by atoms with Crippen molar-refractivity contribution in [2.45, 2.75) is 33.2 Å². The van der Waals surface area contributed by atoms with Gasteiger partial charge in [-0.1, -0.05) is 6.92 Å². The van der Waals surface area contributed by atoms with Crippen LogP contribution < -0.4 is 5.32 Å². The molecule has 7 heteroatoms. The van der Waals surface area contributed by atoms with E-state index in [1.807, 2.05) is 6.92 Å². The first-order valence-corrected chi connectivity index (χ1v) is 9.19. The van der Waals surface area contributed by atoms with Gasteiger partial charge in [0.25, 0.3) is 5.91 Å². The van der Waals surface area contributed by atoms with Crippen LogP contribution in [0.2, 0.25) is 0 Å². The van der Waals surface area contributed by atoms with Gasteiger partial charge in [0.05, 0.1) is 11.3 Å². The van der Waals surface area contributed by atoms with Crippen LogP contribution in [0.3, 0.4) is 0 Å². The third-order valence-corrected chi connectivity index (χ3v) is 5.59. The van der Waals surface area contributed by atoms with E-state index in [9.17, 15) is 13.6 Å². The Bertz CT molecular complexity index is 770. The molecule has 1 saturated heterocycles. The molecule has 1 aromatic carbocycles. The second-order valence-electron chi connectivity index (χ2n) is 6.56. The van der Waals surface area contributed by atoms with Crippen molar-refractivity contribution in [3.63, 3.8) is 0 Å². The second-order valence-corrected chi connectivity index (χ2v) is 7.65. The summed E-state index contributed by atoms with van der Waals surface area (Å²) in [4.78, 5) is 20.0. The molecule has 1 aliphatic heterocycles. The Kier molecular flexibility index (Phi) is 5.44. The normalized spacial score (nSPS) is 16.2. The van der Waals surface area contributed by atoms with Gasteiger partial charge in [-0.2, -0.15) is 0 Å². The highest BCUT2D eigenvalue weighted by molar-refractivity contribution is 7.15. The van der Waals surface area contributed by atoms with Crippen LogP contribution in [0.4, 0.5) is 13.9 Å². The molecule has 1 fully saturated rings. The van der Waals surface area contributed by atoms with Crippen LogP contribution >= 0.6 is 11.3 Å². The number of nitrogens with one attached hydrogen (secondary N) is 1. The van der Waals surface area contributed by atoms with Crippen LogP contribution in [0.1, 0.15) is 40.7 Å². The fourth-order valence-corrected chi connectivity index (χ4v) is 3.89. The fraction of sp³-hybridized carbons (Fsp3) is 0.444. The molecule has 3 rings (SSSR count). The smallest absolute Gasteiger partial charge is 0.260 e. The largest absolute Gasteiger partial charge is 0.298 e. The summed E-state index contributed by atoms with van der Waals surface area (Å²) in [5.41, 5.74) is 0.680. The predicted molar refractivity (Wildman–Crippen MR) is 94.8 cm³/mol. The van der Waals surface area contributed by atoms with Crippen molar-refractivity contribution in [1.82, 2.24) is 9.88 Å². The molecule has 0 aliphatic carbocycles. The number of halogens is 2. The second kappa shape index (κ2) is 7.58. The first-order chi connectivity index (χ1) is 11.9. The molecule has 0 atom stereocenters. The van der Waals surface area contributed by atoms with E-state index >= 15 is 0 Å². The summed E-state index contributed by atoms with van der Waals surface area (Å²) in [6, 6.07) is 2.90. The lowest BCUT2D eigenvalue weighted by Gasteiger charge is -2.29. The number of anilines is 1. The molecule has 0 spiro atoms. The van der Waals surface area contributed by atoms with Crippen LogP contribution in [-0.2, 0) is 6.54 Å². The van der Waals surface area contributed by atoms with E-state index in [0.717, 1.165) is 48.3 Å². The highest BCUT2D eigenvalue weighted by Crippen LogP contribution is 2.26. The van der Waals surface area contributed by atoms with Crippen molar-refractivity contribution in [3.8, 4) is 0 Å². The molecule has 4 nitrogen and oxygen atoms in total. The van der Waals surface area contributed by atoms with Crippen LogP contribution in [-0.4, -0.2) is 28.9 Å². The average Bonchev–Trinajstić information content (AvgIpc) is 2.88. The van der Waals surface area contributed by atoms with Gasteiger partial charge < -0.3 is 0 Å². The molecular formula is C18H21F2N3OS. The number of rotatable bonds is 4. The predicted octanol–water partition coefficient (Wildman–Crippen LogP) is 4.21. The van der Waals surface area contributed by atoms with Crippen molar-refractivity contribution in [1.29, 1.82) is 0 Å². The van der Waals surface area contributed by atoms with E-state index in [1.54, 1.807) is 0 Å². The highest BCUT2D eigenvalue weighted by atomic mass is 32.1. The summed E-state index contributed by atoms with van der Waals surface area (Å²) < 4.78 is 26.7. The van der Waals surface area contributed by atoms with Crippen LogP contribution in [0.5, 0.6) is 0 Å². The number of carbonyl (C=O) groups is 1. The molecular weight excluding hydrogens is 344 g/mol. The third-order valence-electron chi connectivity index (χ3n) is 4.53. The van der Waals surface area contributed by atoms with Crippen molar-refractivity contribution in [2.75, 3.05) is 18.4 Å². The van der Waals surface area contributed by atoms with Gasteiger partial charge in [-0.3, -0.25) is 15.0 Å². The lowest BCUT2D eigenvalue weighted by Crippen LogP contribution is -2.32. The number of hydrogen-bond donors (Lipinski definition) is 1. The minimum atomic E-state index is -0.881. The van der Waals surface area contributed by atoms with Gasteiger partial charge >= 0.3 is 0 Å². The summed E-state index contributed by atoms with van der Waals surface area (Å²) in [6.45, 7) is 7.14. The number of nitrogens with zero attached hydrogens (tertiary/aromatic N) is 2. The molecule has 1 N–H and O–H groups in total. The molecule has 2 heterocycles. The molecule has 1 amide bonds. The Balaban J connectivity index is 1.66. The zero-order chi connectivity index (χ0) is 18.0. The first kappa shape index (κ1) is 17.9. The summed E-state index contributed by atoms with van der Waals surface area (Å²) in [5, 5.41) is 3.05. The summed E-state index contributed by atoms with van der Waals surface area (Å²) in [7, 11) is 0. The Morgan fingerprint density at radius 1 is 1.36 bits per heavy atom. The van der Waals surface area contributed by atoms with E-state index in [-0.39, 0.29) is 5.56 Å². The van der Waals surface area contributed by atoms with Crippen molar-refractivity contribution < 1.29 is 13.6 Å². The maximum absolute atomic E-state index is 13.7. The van der Waals surface area contributed by atoms with E-state index in [0.29, 0.717) is 11.2 Å². The van der Waals surface area contributed by atoms with Gasteiger partial charge in [-0.25, -0.2) is 13.8 Å². The Morgan fingerprint density at radius 2 is 2.08 bits per heavy atom. The van der Waals surface area contributed by atoms with Crippen LogP contribution in [0.25, 0.3) is 0 Å². The number of amides is 1. The Hall–Kier alpha value is -1.86. The third kappa shape index (κ3) is 4.41. The Labute approximate surface area is 149 Å². The molecule has 0 radical (unpaired) electrons. The molecule has 2 aromatic rings. The lowest BCUT2D eigenvalue weighted by atomic mass is 9.99. The molecule has 0 bridgehead atoms. The molecule has 1 aromatic heterocycles. The van der Waals surface area contributed by atoms with Gasteiger partial charge in [0.15, 0.2) is 5.13 Å². The molecule has 25 heavy (non-hydrogen) atoms. The van der Waals surface area contributed by atoms with E-state index in [4.69, 9.17) is 0 Å². The van der Waals surface area contributed by atoms with Gasteiger partial charge in [0, 0.05) is 17.5 Å². The fourth-order valence-electron chi connectivity index (χ4n) is 2.89. The standard InChI is InChI=1S/C18H21F2N3OS/c1-11-5-7-23(8-6-11)10-16-12(2)21-18(25-16)22-17(24)14-4-3-13(19)9-15(14)20/h3-4,9,11H,5-8,10H2,1-2H3,(H,21,22,24). The summed E-state index contributed by atoms with van der Waals surface area (Å²) in [5.74, 6) is -1.44. The SMILES string of the molecule is Cc1nc(NC(=O)c2ccc(F)cc2F)sc1CN1CCC(C)CC1. The number of benzene rings is 1. The zero-order valence-corrected chi connectivity index (χ0v) is 15.1. The Morgan fingerprint density at radius 3 is 2.76 bits per heavy atom. The highest BCUT2D eigenvalue weighted by Gasteiger charge is 2.19. The minimum absolute atomic E-state index is 0.194. The van der Waals surface area contributed by atoms with Crippen molar-refractivity contribution >= 4 is 22.4 Å². The zero-order valence-electron chi connectivity index (χ0n) is 14.3. The molecule has 0 unspecified atom stereocenters. The van der Waals surface area contributed by atoms with E-state index < -0.39 is 17.5 Å². The van der Waals surface area contributed by atoms with Crippen molar-refractivity contribution in [2.24, 2.45) is 5.92 Å². The average molecular weight is 365 g/mol. The van der Waals surface area contributed by atoms with Gasteiger partial charge in [0.1, 0.15) is 11.6 Å². The van der Waals surface area contributed by atoms with Gasteiger partial charge in [-0.05, 0) is 50.9 Å². The van der Waals surface area contributed by atoms with E-state index in [2.05, 4.69) is 22.1 Å². The van der Waals surface area contributed by atoms with E-state index in [1.165, 1.54) is 24.2 Å². The number of piperidine rings is 1. The number of hydrogen-bond acceptors (Lipinski definition) is 4. The first-order valence-electron chi connectivity index (χ1n) is 8.37. The number of likely N-dealkylation sites (tertiary alicyclic amines) is 1. The van der Waals surface area contributed by atoms with Crippen LogP contribution in [0, 0.1) is 24.5 Å². The van der Waals surface area contributed by atoms with Crippen LogP contribution in [0.15, 0.2) is 18.2 Å². The topological polar surface area (TPSA) is 45.2 Å². The lowest BCUT2D eigenvalue weighted by molar-refractivity contribution is 0.102. The monoisotopic (exact) mass is 365 g/mol. The number of aromatic nitrogens is 1. The maximum atomic E-state index is 13.7. The number of thiazole rings is 1. The molecule has 1 aliphatic rings. The summed E-state index contributed by atoms with van der Waals surface area (Å²) >= 11 is 1.40. The van der Waals surface area contributed by atoms with Crippen molar-refractivity contribution in [3.05, 3.63) is 46.0 Å². The summed E-state index contributed by atoms with van der Waals surface area (Å²) in [6.07, 6.45) is 2.40. The minimum Gasteiger partial charge on any atom is -0.298 e. The van der Waals surface area contributed by atoms with Gasteiger partial charge in [0.2, 0.25) is 0 Å². The molecule has 0 saturated carbocycles. The number of aryl methyl sites for hydroxylation is 1. The molecule has 134 valence electrons. The number of carbonyl (C=O) groups excluding carboxylic acids is 1. The van der Waals surface area contributed by atoms with Gasteiger partial charge in [-0.15, -0.1) is 11.3 Å². The maximum Gasteiger partial charge on any atom is 0.260 e.